The van der Waals surface area contributed by atoms with Gasteiger partial charge in [0, 0.05) is 13.1 Å². The molecule has 0 aromatic heterocycles. The molecule has 4 saturated carbocycles. The predicted molar refractivity (Wildman–Crippen MR) is 133 cm³/mol. The Bertz CT molecular complexity index is 738. The topological polar surface area (TPSA) is 70.0 Å². The normalized spacial score (nSPS) is 48.6. The lowest BCUT2D eigenvalue weighted by atomic mass is 9.41. The van der Waals surface area contributed by atoms with Crippen LogP contribution >= 0.6 is 0 Å². The number of hydrogen-bond acceptors (Lipinski definition) is 4. The number of aliphatic hydroxyl groups is 2. The average molecular weight is 476 g/mol. The Kier molecular flexibility index (Phi) is 7.00. The minimum absolute atomic E-state index is 0.116. The van der Waals surface area contributed by atoms with Crippen molar-refractivity contribution in [3.63, 3.8) is 0 Å². The summed E-state index contributed by atoms with van der Waals surface area (Å²) in [6, 6.07) is 0. The molecule has 1 amide bonds. The van der Waals surface area contributed by atoms with Crippen LogP contribution < -0.4 is 0 Å². The third kappa shape index (κ3) is 4.01. The summed E-state index contributed by atoms with van der Waals surface area (Å²) in [4.78, 5) is 14.4. The molecule has 10 atom stereocenters. The van der Waals surface area contributed by atoms with Crippen molar-refractivity contribution >= 4 is 6.09 Å². The van der Waals surface area contributed by atoms with Crippen molar-refractivity contribution in [1.29, 1.82) is 0 Å². The van der Waals surface area contributed by atoms with Gasteiger partial charge in [0.1, 0.15) is 0 Å². The molecule has 0 aromatic carbocycles. The van der Waals surface area contributed by atoms with E-state index in [0.717, 1.165) is 58.0 Å². The summed E-state index contributed by atoms with van der Waals surface area (Å²) in [5.74, 6) is 2.89. The molecule has 1 aliphatic heterocycles. The third-order valence-corrected chi connectivity index (χ3v) is 11.9. The largest absolute Gasteiger partial charge is 0.449 e. The molecule has 0 spiro atoms. The monoisotopic (exact) mass is 475 g/mol. The van der Waals surface area contributed by atoms with Crippen LogP contribution in [0.4, 0.5) is 4.79 Å². The lowest BCUT2D eigenvalue weighted by Crippen LogP contribution is -2.62. The highest BCUT2D eigenvalue weighted by molar-refractivity contribution is 5.67. The maximum absolute atomic E-state index is 12.5. The Balaban J connectivity index is 1.27. The zero-order chi connectivity index (χ0) is 24.1. The first-order valence-corrected chi connectivity index (χ1v) is 14.6. The molecule has 34 heavy (non-hydrogen) atoms. The van der Waals surface area contributed by atoms with E-state index in [2.05, 4.69) is 20.8 Å². The van der Waals surface area contributed by atoms with E-state index in [1.165, 1.54) is 32.1 Å². The molecule has 1 saturated heterocycles. The van der Waals surface area contributed by atoms with Crippen LogP contribution in [-0.2, 0) is 4.74 Å². The van der Waals surface area contributed by atoms with Gasteiger partial charge in [-0.05, 0) is 117 Å². The highest BCUT2D eigenvalue weighted by atomic mass is 16.6. The minimum atomic E-state index is -0.237. The van der Waals surface area contributed by atoms with Gasteiger partial charge in [-0.1, -0.05) is 27.2 Å². The number of rotatable bonds is 4. The smallest absolute Gasteiger partial charge is 0.409 e. The predicted octanol–water partition coefficient (Wildman–Crippen LogP) is 5.63. The Hall–Kier alpha value is -0.810. The van der Waals surface area contributed by atoms with Crippen LogP contribution in [-0.4, -0.2) is 53.1 Å². The molecule has 5 nitrogen and oxygen atoms in total. The number of carbonyl (C=O) groups is 1. The van der Waals surface area contributed by atoms with E-state index in [9.17, 15) is 15.0 Å². The molecule has 0 bridgehead atoms. The van der Waals surface area contributed by atoms with Gasteiger partial charge in [-0.25, -0.2) is 4.79 Å². The number of piperidine rings is 1. The summed E-state index contributed by atoms with van der Waals surface area (Å²) in [5.41, 5.74) is 0.503. The fourth-order valence-corrected chi connectivity index (χ4v) is 10.00. The molecule has 5 fully saturated rings. The highest BCUT2D eigenvalue weighted by Gasteiger charge is 2.64. The maximum atomic E-state index is 12.5. The maximum Gasteiger partial charge on any atom is 0.409 e. The zero-order valence-corrected chi connectivity index (χ0v) is 21.9. The van der Waals surface area contributed by atoms with Crippen LogP contribution in [0.15, 0.2) is 0 Å². The van der Waals surface area contributed by atoms with Crippen molar-refractivity contribution in [3.8, 4) is 0 Å². The molecule has 194 valence electrons. The molecule has 5 rings (SSSR count). The lowest BCUT2D eigenvalue weighted by molar-refractivity contribution is -0.202. The van der Waals surface area contributed by atoms with Crippen LogP contribution in [0.2, 0.25) is 0 Å². The van der Waals surface area contributed by atoms with Crippen molar-refractivity contribution in [2.75, 3.05) is 19.7 Å². The Morgan fingerprint density at radius 3 is 2.38 bits per heavy atom. The first kappa shape index (κ1) is 24.9. The molecule has 4 aliphatic carbocycles. The van der Waals surface area contributed by atoms with Crippen LogP contribution in [0.25, 0.3) is 0 Å². The van der Waals surface area contributed by atoms with Gasteiger partial charge < -0.3 is 19.8 Å². The highest BCUT2D eigenvalue weighted by Crippen LogP contribution is 2.69. The van der Waals surface area contributed by atoms with Crippen molar-refractivity contribution in [1.82, 2.24) is 4.90 Å². The number of fused-ring (bicyclic) bond motifs is 5. The van der Waals surface area contributed by atoms with Crippen molar-refractivity contribution in [2.45, 2.75) is 110 Å². The van der Waals surface area contributed by atoms with Gasteiger partial charge in [-0.15, -0.1) is 0 Å². The summed E-state index contributed by atoms with van der Waals surface area (Å²) in [5, 5.41) is 22.3. The first-order valence-electron chi connectivity index (χ1n) is 14.6. The molecular weight excluding hydrogens is 426 g/mol. The Labute approximate surface area is 207 Å². The molecule has 2 N–H and O–H groups in total. The van der Waals surface area contributed by atoms with Gasteiger partial charge in [0.05, 0.1) is 18.8 Å². The van der Waals surface area contributed by atoms with Crippen molar-refractivity contribution in [3.05, 3.63) is 0 Å². The van der Waals surface area contributed by atoms with Crippen molar-refractivity contribution < 1.29 is 19.7 Å². The molecule has 0 aromatic rings. The Morgan fingerprint density at radius 1 is 0.941 bits per heavy atom. The van der Waals surface area contributed by atoms with E-state index >= 15 is 0 Å². The second-order valence-corrected chi connectivity index (χ2v) is 13.2. The van der Waals surface area contributed by atoms with Gasteiger partial charge >= 0.3 is 6.09 Å². The van der Waals surface area contributed by atoms with Crippen molar-refractivity contribution in [2.24, 2.45) is 46.3 Å². The molecule has 5 heteroatoms. The SMILES string of the molecule is CC[C@H]1[C@@H](O)[C@@H]2[C@H](CC[C@]3(C)[C@@H](CCOC(=O)N4CCCCC4)CC[C@@H]23)[C@@]2(C)CC[C@@H](O)C[C@@H]12. The van der Waals surface area contributed by atoms with Gasteiger partial charge in [-0.3, -0.25) is 0 Å². The van der Waals surface area contributed by atoms with Gasteiger partial charge in [0.25, 0.3) is 0 Å². The number of aliphatic hydroxyl groups excluding tert-OH is 2. The summed E-state index contributed by atoms with van der Waals surface area (Å²) in [6.45, 7) is 9.46. The standard InChI is InChI=1S/C29H49NO4/c1-4-21-24-18-20(31)10-13-29(24,3)23-11-14-28(2)19(8-9-22(28)25(23)26(21)32)12-17-34-27(33)30-15-6-5-7-16-30/h19-26,31-32H,4-18H2,1-3H3/t19-,20-,21-,22+,23+,24+,25+,26-,28-,29-/m1/s1. The number of ether oxygens (including phenoxy) is 1. The van der Waals surface area contributed by atoms with E-state index < -0.39 is 0 Å². The summed E-state index contributed by atoms with van der Waals surface area (Å²) in [6.07, 6.45) is 12.6. The number of nitrogens with zero attached hydrogens (tertiary/aromatic N) is 1. The second-order valence-electron chi connectivity index (χ2n) is 13.2. The van der Waals surface area contributed by atoms with E-state index in [-0.39, 0.29) is 29.1 Å². The summed E-state index contributed by atoms with van der Waals surface area (Å²) >= 11 is 0. The van der Waals surface area contributed by atoms with E-state index in [0.29, 0.717) is 42.1 Å². The number of hydrogen-bond donors (Lipinski definition) is 2. The van der Waals surface area contributed by atoms with Crippen LogP contribution in [0.1, 0.15) is 97.8 Å². The van der Waals surface area contributed by atoms with Gasteiger partial charge in [-0.2, -0.15) is 0 Å². The zero-order valence-electron chi connectivity index (χ0n) is 21.9. The fraction of sp³-hybridized carbons (Fsp3) is 0.966. The minimum Gasteiger partial charge on any atom is -0.449 e. The summed E-state index contributed by atoms with van der Waals surface area (Å²) < 4.78 is 5.74. The van der Waals surface area contributed by atoms with Crippen LogP contribution in [0, 0.1) is 46.3 Å². The summed E-state index contributed by atoms with van der Waals surface area (Å²) in [7, 11) is 0. The van der Waals surface area contributed by atoms with E-state index in [1.54, 1.807) is 0 Å². The lowest BCUT2D eigenvalue weighted by Gasteiger charge is -2.64. The molecule has 0 radical (unpaired) electrons. The fourth-order valence-electron chi connectivity index (χ4n) is 10.00. The molecule has 5 aliphatic rings. The van der Waals surface area contributed by atoms with Crippen LogP contribution in [0.5, 0.6) is 0 Å². The second kappa shape index (κ2) is 9.57. The molecule has 1 heterocycles. The molecular formula is C29H49NO4. The number of carbonyl (C=O) groups excluding carboxylic acids is 1. The number of amides is 1. The first-order chi connectivity index (χ1) is 16.3. The molecule has 0 unspecified atom stereocenters. The van der Waals surface area contributed by atoms with E-state index in [1.807, 2.05) is 4.90 Å². The van der Waals surface area contributed by atoms with Crippen LogP contribution in [0.3, 0.4) is 0 Å². The van der Waals surface area contributed by atoms with Gasteiger partial charge in [0.2, 0.25) is 0 Å². The van der Waals surface area contributed by atoms with E-state index in [4.69, 9.17) is 4.74 Å². The quantitative estimate of drug-likeness (QED) is 0.553. The third-order valence-electron chi connectivity index (χ3n) is 11.9. The Morgan fingerprint density at radius 2 is 1.65 bits per heavy atom. The number of likely N-dealkylation sites (tertiary alicyclic amines) is 1. The average Bonchev–Trinajstić information content (AvgIpc) is 3.17. The van der Waals surface area contributed by atoms with Gasteiger partial charge in [0.15, 0.2) is 0 Å².